The number of hydrogen-bond acceptors (Lipinski definition) is 3. The molecular formula is C18H20FN3O2. The quantitative estimate of drug-likeness (QED) is 0.753. The Labute approximate surface area is 139 Å². The van der Waals surface area contributed by atoms with Crippen molar-refractivity contribution in [2.75, 3.05) is 13.1 Å². The Kier molecular flexibility index (Phi) is 4.76. The second-order valence-electron chi connectivity index (χ2n) is 6.06. The molecule has 0 bridgehead atoms. The molecule has 6 heteroatoms. The van der Waals surface area contributed by atoms with E-state index in [1.54, 1.807) is 19.1 Å². The number of ketones is 1. The lowest BCUT2D eigenvalue weighted by Crippen LogP contribution is -2.42. The standard InChI is InChI=1S/C18H20FN3O2/c1-11-3-2-4-14(19)16(11)17(23)12-9-15(21-10-12)18(24)22-13-5-7-20-8-6-13/h2-4,9-10,13,20-21H,5-8H2,1H3,(H,22,24). The third-order valence-corrected chi connectivity index (χ3v) is 4.31. The van der Waals surface area contributed by atoms with Gasteiger partial charge in [0.2, 0.25) is 0 Å². The maximum Gasteiger partial charge on any atom is 0.267 e. The molecule has 0 atom stereocenters. The number of aryl methyl sites for hydroxylation is 1. The molecule has 1 aromatic carbocycles. The van der Waals surface area contributed by atoms with Gasteiger partial charge in [-0.25, -0.2) is 4.39 Å². The molecule has 0 aliphatic carbocycles. The van der Waals surface area contributed by atoms with Gasteiger partial charge in [0, 0.05) is 17.8 Å². The largest absolute Gasteiger partial charge is 0.356 e. The number of H-pyrrole nitrogens is 1. The number of nitrogens with one attached hydrogen (secondary N) is 3. The number of aromatic amines is 1. The second kappa shape index (κ2) is 6.97. The van der Waals surface area contributed by atoms with Gasteiger partial charge in [0.05, 0.1) is 5.56 Å². The summed E-state index contributed by atoms with van der Waals surface area (Å²) < 4.78 is 13.9. The molecule has 0 saturated carbocycles. The Morgan fingerprint density at radius 1 is 1.25 bits per heavy atom. The number of aromatic nitrogens is 1. The summed E-state index contributed by atoms with van der Waals surface area (Å²) in [5.41, 5.74) is 1.20. The predicted octanol–water partition coefficient (Wildman–Crippen LogP) is 2.18. The first kappa shape index (κ1) is 16.4. The van der Waals surface area contributed by atoms with E-state index < -0.39 is 11.6 Å². The molecule has 3 N–H and O–H groups in total. The molecule has 5 nitrogen and oxygen atoms in total. The summed E-state index contributed by atoms with van der Waals surface area (Å²) in [5.74, 6) is -1.23. The molecule has 3 rings (SSSR count). The lowest BCUT2D eigenvalue weighted by Gasteiger charge is -2.23. The number of rotatable bonds is 4. The molecule has 24 heavy (non-hydrogen) atoms. The van der Waals surface area contributed by atoms with Crippen molar-refractivity contribution in [3.8, 4) is 0 Å². The fourth-order valence-corrected chi connectivity index (χ4v) is 2.95. The monoisotopic (exact) mass is 329 g/mol. The van der Waals surface area contributed by atoms with Gasteiger partial charge >= 0.3 is 0 Å². The summed E-state index contributed by atoms with van der Waals surface area (Å²) >= 11 is 0. The van der Waals surface area contributed by atoms with Crippen molar-refractivity contribution < 1.29 is 14.0 Å². The lowest BCUT2D eigenvalue weighted by molar-refractivity contribution is 0.0925. The van der Waals surface area contributed by atoms with Crippen LogP contribution in [-0.4, -0.2) is 35.8 Å². The Bertz CT molecular complexity index is 743. The molecule has 0 spiro atoms. The summed E-state index contributed by atoms with van der Waals surface area (Å²) in [6.45, 7) is 3.45. The zero-order valence-corrected chi connectivity index (χ0v) is 13.5. The molecule has 1 fully saturated rings. The number of carbonyl (C=O) groups excluding carboxylic acids is 2. The molecule has 0 unspecified atom stereocenters. The lowest BCUT2D eigenvalue weighted by atomic mass is 10.00. The molecule has 2 aromatic rings. The number of halogens is 1. The minimum atomic E-state index is -0.554. The van der Waals surface area contributed by atoms with Crippen LogP contribution in [0.2, 0.25) is 0 Å². The number of amides is 1. The highest BCUT2D eigenvalue weighted by Crippen LogP contribution is 2.18. The van der Waals surface area contributed by atoms with E-state index in [0.717, 1.165) is 25.9 Å². The number of piperidine rings is 1. The van der Waals surface area contributed by atoms with E-state index >= 15 is 0 Å². The van der Waals surface area contributed by atoms with Gasteiger partial charge < -0.3 is 15.6 Å². The smallest absolute Gasteiger partial charge is 0.267 e. The van der Waals surface area contributed by atoms with Gasteiger partial charge in [-0.05, 0) is 50.6 Å². The summed E-state index contributed by atoms with van der Waals surface area (Å²) in [4.78, 5) is 27.6. The SMILES string of the molecule is Cc1cccc(F)c1C(=O)c1c[nH]c(C(=O)NC2CCNCC2)c1. The fraction of sp³-hybridized carbons (Fsp3) is 0.333. The van der Waals surface area contributed by atoms with Gasteiger partial charge in [0.15, 0.2) is 5.78 Å². The van der Waals surface area contributed by atoms with E-state index in [0.29, 0.717) is 11.3 Å². The first-order valence-corrected chi connectivity index (χ1v) is 8.06. The third-order valence-electron chi connectivity index (χ3n) is 4.31. The molecule has 0 radical (unpaired) electrons. The van der Waals surface area contributed by atoms with Crippen molar-refractivity contribution >= 4 is 11.7 Å². The van der Waals surface area contributed by atoms with Gasteiger partial charge in [-0.15, -0.1) is 0 Å². The van der Waals surface area contributed by atoms with Crippen molar-refractivity contribution in [2.45, 2.75) is 25.8 Å². The number of benzene rings is 1. The maximum atomic E-state index is 13.9. The molecule has 1 aliphatic heterocycles. The molecule has 2 heterocycles. The van der Waals surface area contributed by atoms with Crippen molar-refractivity contribution in [3.63, 3.8) is 0 Å². The van der Waals surface area contributed by atoms with Crippen molar-refractivity contribution in [3.05, 3.63) is 58.7 Å². The Morgan fingerprint density at radius 3 is 2.71 bits per heavy atom. The van der Waals surface area contributed by atoms with Crippen LogP contribution in [-0.2, 0) is 0 Å². The fourth-order valence-electron chi connectivity index (χ4n) is 2.95. The van der Waals surface area contributed by atoms with Crippen LogP contribution in [0.4, 0.5) is 4.39 Å². The topological polar surface area (TPSA) is 74.0 Å². The summed E-state index contributed by atoms with van der Waals surface area (Å²) in [7, 11) is 0. The van der Waals surface area contributed by atoms with Crippen LogP contribution in [0, 0.1) is 12.7 Å². The normalized spacial score (nSPS) is 15.2. The van der Waals surface area contributed by atoms with Gasteiger partial charge in [-0.3, -0.25) is 9.59 Å². The molecule has 1 saturated heterocycles. The Hall–Kier alpha value is -2.47. The Balaban J connectivity index is 1.75. The average molecular weight is 329 g/mol. The molecular weight excluding hydrogens is 309 g/mol. The van der Waals surface area contributed by atoms with Crippen LogP contribution < -0.4 is 10.6 Å². The van der Waals surface area contributed by atoms with E-state index in [9.17, 15) is 14.0 Å². The van der Waals surface area contributed by atoms with Crippen LogP contribution in [0.15, 0.2) is 30.5 Å². The first-order valence-electron chi connectivity index (χ1n) is 8.06. The highest BCUT2D eigenvalue weighted by molar-refractivity contribution is 6.11. The van der Waals surface area contributed by atoms with E-state index in [2.05, 4.69) is 15.6 Å². The molecule has 126 valence electrons. The number of carbonyl (C=O) groups is 2. The van der Waals surface area contributed by atoms with Crippen molar-refractivity contribution in [1.82, 2.24) is 15.6 Å². The zero-order chi connectivity index (χ0) is 17.1. The van der Waals surface area contributed by atoms with Gasteiger partial charge in [0.1, 0.15) is 11.5 Å². The zero-order valence-electron chi connectivity index (χ0n) is 13.5. The van der Waals surface area contributed by atoms with Crippen LogP contribution in [0.5, 0.6) is 0 Å². The van der Waals surface area contributed by atoms with Crippen LogP contribution in [0.25, 0.3) is 0 Å². The van der Waals surface area contributed by atoms with Crippen molar-refractivity contribution in [2.24, 2.45) is 0 Å². The summed E-state index contributed by atoms with van der Waals surface area (Å²) in [5, 5.41) is 6.19. The highest BCUT2D eigenvalue weighted by Gasteiger charge is 2.21. The third kappa shape index (κ3) is 3.38. The maximum absolute atomic E-state index is 13.9. The predicted molar refractivity (Wildman–Crippen MR) is 88.7 cm³/mol. The molecule has 1 aliphatic rings. The first-order chi connectivity index (χ1) is 11.6. The molecule has 1 amide bonds. The van der Waals surface area contributed by atoms with Gasteiger partial charge in [-0.2, -0.15) is 0 Å². The summed E-state index contributed by atoms with van der Waals surface area (Å²) in [6.07, 6.45) is 3.21. The van der Waals surface area contributed by atoms with Crippen molar-refractivity contribution in [1.29, 1.82) is 0 Å². The summed E-state index contributed by atoms with van der Waals surface area (Å²) in [6, 6.07) is 6.13. The number of hydrogen-bond donors (Lipinski definition) is 3. The van der Waals surface area contributed by atoms with Crippen LogP contribution >= 0.6 is 0 Å². The van der Waals surface area contributed by atoms with E-state index in [-0.39, 0.29) is 23.1 Å². The van der Waals surface area contributed by atoms with Gasteiger partial charge in [-0.1, -0.05) is 12.1 Å². The molecule has 1 aromatic heterocycles. The van der Waals surface area contributed by atoms with Gasteiger partial charge in [0.25, 0.3) is 5.91 Å². The Morgan fingerprint density at radius 2 is 2.00 bits per heavy atom. The van der Waals surface area contributed by atoms with E-state index in [4.69, 9.17) is 0 Å². The second-order valence-corrected chi connectivity index (χ2v) is 6.06. The average Bonchev–Trinajstić information content (AvgIpc) is 3.05. The minimum absolute atomic E-state index is 0.0433. The van der Waals surface area contributed by atoms with E-state index in [1.807, 2.05) is 0 Å². The minimum Gasteiger partial charge on any atom is -0.356 e. The highest BCUT2D eigenvalue weighted by atomic mass is 19.1. The van der Waals surface area contributed by atoms with E-state index in [1.165, 1.54) is 18.3 Å². The van der Waals surface area contributed by atoms with Crippen LogP contribution in [0.1, 0.15) is 44.8 Å². The van der Waals surface area contributed by atoms with Crippen LogP contribution in [0.3, 0.4) is 0 Å².